The van der Waals surface area contributed by atoms with Crippen molar-refractivity contribution in [1.29, 1.82) is 0 Å². The van der Waals surface area contributed by atoms with Crippen LogP contribution in [0.1, 0.15) is 25.7 Å². The highest BCUT2D eigenvalue weighted by Gasteiger charge is 2.22. The maximum absolute atomic E-state index is 12.1. The van der Waals surface area contributed by atoms with Gasteiger partial charge < -0.3 is 20.9 Å². The van der Waals surface area contributed by atoms with E-state index in [4.69, 9.17) is 5.73 Å². The first-order valence-corrected chi connectivity index (χ1v) is 7.64. The molecule has 0 spiro atoms. The summed E-state index contributed by atoms with van der Waals surface area (Å²) in [4.78, 5) is 27.2. The minimum absolute atomic E-state index is 0. The van der Waals surface area contributed by atoms with Crippen molar-refractivity contribution in [3.63, 3.8) is 0 Å². The number of nitrogens with zero attached hydrogens (tertiary/aromatic N) is 2. The summed E-state index contributed by atoms with van der Waals surface area (Å²) in [7, 11) is 0. The number of carbonyl (C=O) groups excluding carboxylic acids is 2. The number of rotatable bonds is 5. The third kappa shape index (κ3) is 6.20. The Bertz CT molecular complexity index is 340. The van der Waals surface area contributed by atoms with Crippen molar-refractivity contribution in [1.82, 2.24) is 15.1 Å². The molecule has 0 radical (unpaired) electrons. The molecule has 2 rings (SSSR count). The topological polar surface area (TPSA) is 78.7 Å². The van der Waals surface area contributed by atoms with Crippen molar-refractivity contribution in [3.8, 4) is 0 Å². The van der Waals surface area contributed by atoms with Gasteiger partial charge in [-0.05, 0) is 31.8 Å². The first-order chi connectivity index (χ1) is 9.65. The zero-order valence-corrected chi connectivity index (χ0v) is 13.4. The molecule has 122 valence electrons. The number of carbonyl (C=O) groups is 2. The van der Waals surface area contributed by atoms with Gasteiger partial charge in [-0.3, -0.25) is 9.59 Å². The minimum atomic E-state index is -0.197. The molecule has 2 aliphatic rings. The van der Waals surface area contributed by atoms with Crippen molar-refractivity contribution >= 4 is 24.2 Å². The molecule has 0 aromatic carbocycles. The highest BCUT2D eigenvalue weighted by atomic mass is 35.5. The molecule has 21 heavy (non-hydrogen) atoms. The number of hydrogen-bond donors (Lipinski definition) is 2. The molecule has 0 aromatic heterocycles. The van der Waals surface area contributed by atoms with Gasteiger partial charge in [-0.15, -0.1) is 12.4 Å². The molecule has 0 unspecified atom stereocenters. The summed E-state index contributed by atoms with van der Waals surface area (Å²) in [5, 5.41) is 3.25. The van der Waals surface area contributed by atoms with E-state index in [1.165, 1.54) is 0 Å². The smallest absolute Gasteiger partial charge is 0.223 e. The number of piperazine rings is 1. The Labute approximate surface area is 132 Å². The number of nitrogens with two attached hydrogens (primary N) is 1. The second-order valence-electron chi connectivity index (χ2n) is 5.84. The van der Waals surface area contributed by atoms with Gasteiger partial charge in [-0.2, -0.15) is 0 Å². The largest absolute Gasteiger partial charge is 0.370 e. The number of nitrogens with one attached hydrogen (secondary N) is 1. The molecule has 0 aliphatic carbocycles. The van der Waals surface area contributed by atoms with Gasteiger partial charge in [-0.1, -0.05) is 0 Å². The van der Waals surface area contributed by atoms with E-state index in [2.05, 4.69) is 10.2 Å². The van der Waals surface area contributed by atoms with Gasteiger partial charge in [0.2, 0.25) is 11.8 Å². The van der Waals surface area contributed by atoms with Gasteiger partial charge in [0.1, 0.15) is 0 Å². The lowest BCUT2D eigenvalue weighted by Gasteiger charge is -2.32. The Morgan fingerprint density at radius 2 is 1.71 bits per heavy atom. The summed E-state index contributed by atoms with van der Waals surface area (Å²) in [5.41, 5.74) is 5.23. The quantitative estimate of drug-likeness (QED) is 0.737. The van der Waals surface area contributed by atoms with Crippen molar-refractivity contribution < 1.29 is 9.59 Å². The van der Waals surface area contributed by atoms with Crippen LogP contribution in [0.2, 0.25) is 0 Å². The molecule has 2 fully saturated rings. The highest BCUT2D eigenvalue weighted by Crippen LogP contribution is 2.20. The second kappa shape index (κ2) is 9.23. The van der Waals surface area contributed by atoms with Crippen molar-refractivity contribution in [3.05, 3.63) is 0 Å². The van der Waals surface area contributed by atoms with E-state index in [-0.39, 0.29) is 24.2 Å². The molecule has 0 bridgehead atoms. The van der Waals surface area contributed by atoms with Crippen LogP contribution in [0.5, 0.6) is 0 Å². The molecule has 6 nitrogen and oxygen atoms in total. The molecule has 7 heteroatoms. The molecular formula is C14H27ClN4O2. The van der Waals surface area contributed by atoms with Crippen LogP contribution in [0.3, 0.4) is 0 Å². The zero-order valence-electron chi connectivity index (χ0n) is 12.6. The Hall–Kier alpha value is -0.850. The molecule has 0 atom stereocenters. The summed E-state index contributed by atoms with van der Waals surface area (Å²) in [6, 6.07) is 0. The third-order valence-electron chi connectivity index (χ3n) is 4.31. The van der Waals surface area contributed by atoms with E-state index in [9.17, 15) is 9.59 Å². The van der Waals surface area contributed by atoms with Crippen LogP contribution in [-0.2, 0) is 9.59 Å². The van der Waals surface area contributed by atoms with Gasteiger partial charge in [-0.25, -0.2) is 0 Å². The normalized spacial score (nSPS) is 20.9. The zero-order chi connectivity index (χ0) is 14.4. The highest BCUT2D eigenvalue weighted by molar-refractivity contribution is 5.85. The molecule has 2 amide bonds. The fourth-order valence-corrected chi connectivity index (χ4v) is 3.02. The number of piperidine rings is 1. The van der Waals surface area contributed by atoms with E-state index in [0.29, 0.717) is 18.8 Å². The summed E-state index contributed by atoms with van der Waals surface area (Å²) in [5.74, 6) is 0.510. The van der Waals surface area contributed by atoms with E-state index in [1.54, 1.807) is 0 Å². The number of halogens is 1. The fraction of sp³-hybridized carbons (Fsp3) is 0.857. The summed E-state index contributed by atoms with van der Waals surface area (Å²) in [6.45, 7) is 6.28. The predicted molar refractivity (Wildman–Crippen MR) is 84.3 cm³/mol. The lowest BCUT2D eigenvalue weighted by molar-refractivity contribution is -0.132. The molecule has 0 saturated carbocycles. The summed E-state index contributed by atoms with van der Waals surface area (Å²) in [6.07, 6.45) is 3.16. The summed E-state index contributed by atoms with van der Waals surface area (Å²) < 4.78 is 0. The first kappa shape index (κ1) is 18.2. The Morgan fingerprint density at radius 3 is 2.29 bits per heavy atom. The average molecular weight is 319 g/mol. The van der Waals surface area contributed by atoms with Gasteiger partial charge in [0.15, 0.2) is 0 Å². The molecule has 0 aromatic rings. The standard InChI is InChI=1S/C14H26N4O2.ClH/c15-13(19)11-12-1-6-17(7-2-12)8-3-14(20)18-9-4-16-5-10-18;/h12,16H,1-11H2,(H2,15,19);1H. The predicted octanol–water partition coefficient (Wildman–Crippen LogP) is -0.182. The van der Waals surface area contributed by atoms with E-state index in [0.717, 1.165) is 58.7 Å². The van der Waals surface area contributed by atoms with Crippen LogP contribution in [0.15, 0.2) is 0 Å². The van der Waals surface area contributed by atoms with E-state index < -0.39 is 0 Å². The molecule has 2 saturated heterocycles. The maximum atomic E-state index is 12.1. The number of likely N-dealkylation sites (tertiary alicyclic amines) is 1. The Kier molecular flexibility index (Phi) is 8.00. The Morgan fingerprint density at radius 1 is 1.10 bits per heavy atom. The Balaban J connectivity index is 0.00000220. The minimum Gasteiger partial charge on any atom is -0.370 e. The lowest BCUT2D eigenvalue weighted by atomic mass is 9.93. The molecular weight excluding hydrogens is 292 g/mol. The maximum Gasteiger partial charge on any atom is 0.223 e. The average Bonchev–Trinajstić information content (AvgIpc) is 2.46. The van der Waals surface area contributed by atoms with Gasteiger partial charge in [0, 0.05) is 45.6 Å². The van der Waals surface area contributed by atoms with Crippen LogP contribution >= 0.6 is 12.4 Å². The van der Waals surface area contributed by atoms with Gasteiger partial charge in [0.25, 0.3) is 0 Å². The van der Waals surface area contributed by atoms with Crippen LogP contribution in [0.4, 0.5) is 0 Å². The van der Waals surface area contributed by atoms with Crippen molar-refractivity contribution in [2.75, 3.05) is 45.8 Å². The van der Waals surface area contributed by atoms with Gasteiger partial charge in [0.05, 0.1) is 0 Å². The molecule has 3 N–H and O–H groups in total. The number of amides is 2. The van der Waals surface area contributed by atoms with Crippen molar-refractivity contribution in [2.24, 2.45) is 11.7 Å². The second-order valence-corrected chi connectivity index (χ2v) is 5.84. The van der Waals surface area contributed by atoms with E-state index >= 15 is 0 Å². The monoisotopic (exact) mass is 318 g/mol. The fourth-order valence-electron chi connectivity index (χ4n) is 3.02. The van der Waals surface area contributed by atoms with Crippen molar-refractivity contribution in [2.45, 2.75) is 25.7 Å². The van der Waals surface area contributed by atoms with Gasteiger partial charge >= 0.3 is 0 Å². The lowest BCUT2D eigenvalue weighted by Crippen LogP contribution is -2.47. The third-order valence-corrected chi connectivity index (χ3v) is 4.31. The first-order valence-electron chi connectivity index (χ1n) is 7.64. The van der Waals surface area contributed by atoms with Crippen LogP contribution in [-0.4, -0.2) is 67.4 Å². The molecule has 2 heterocycles. The van der Waals surface area contributed by atoms with E-state index in [1.807, 2.05) is 4.90 Å². The van der Waals surface area contributed by atoms with Crippen LogP contribution in [0.25, 0.3) is 0 Å². The number of hydrogen-bond acceptors (Lipinski definition) is 4. The van der Waals surface area contributed by atoms with Crippen LogP contribution < -0.4 is 11.1 Å². The summed E-state index contributed by atoms with van der Waals surface area (Å²) >= 11 is 0. The molecule has 2 aliphatic heterocycles. The number of primary amides is 1. The SMILES string of the molecule is Cl.NC(=O)CC1CCN(CCC(=O)N2CCNCC2)CC1. The van der Waals surface area contributed by atoms with Crippen LogP contribution in [0, 0.1) is 5.92 Å².